The maximum Gasteiger partial charge on any atom is 0.267 e. The van der Waals surface area contributed by atoms with Gasteiger partial charge in [-0.15, -0.1) is 0 Å². The first-order chi connectivity index (χ1) is 11.6. The van der Waals surface area contributed by atoms with E-state index in [0.29, 0.717) is 17.3 Å². The molecule has 122 valence electrons. The van der Waals surface area contributed by atoms with Gasteiger partial charge in [0.15, 0.2) is 0 Å². The fraction of sp³-hybridized carbons (Fsp3) is 0.111. The van der Waals surface area contributed by atoms with Crippen LogP contribution in [0.25, 0.3) is 0 Å². The minimum atomic E-state index is -0.540. The lowest BCUT2D eigenvalue weighted by Gasteiger charge is -2.06. The standard InChI is InChI=1S/C18H16ClN3O2/c19-15-6-4-13(5-7-15)8-9-21-12-14(11-20)18(24)22-16-2-1-3-17(23)10-16/h1-7,10,12,21,23H,8-9H2,(H,22,24)/b14-12-. The van der Waals surface area contributed by atoms with Crippen LogP contribution in [0.2, 0.25) is 5.02 Å². The average Bonchev–Trinajstić information content (AvgIpc) is 2.56. The summed E-state index contributed by atoms with van der Waals surface area (Å²) in [5.41, 5.74) is 1.47. The summed E-state index contributed by atoms with van der Waals surface area (Å²) in [6.07, 6.45) is 2.12. The molecule has 2 aromatic rings. The van der Waals surface area contributed by atoms with Gasteiger partial charge in [-0.2, -0.15) is 5.26 Å². The van der Waals surface area contributed by atoms with E-state index in [2.05, 4.69) is 10.6 Å². The SMILES string of the molecule is N#C/C(=C/NCCc1ccc(Cl)cc1)C(=O)Nc1cccc(O)c1. The molecule has 0 heterocycles. The van der Waals surface area contributed by atoms with E-state index in [9.17, 15) is 9.90 Å². The van der Waals surface area contributed by atoms with E-state index >= 15 is 0 Å². The molecule has 1 amide bonds. The van der Waals surface area contributed by atoms with Crippen molar-refractivity contribution in [2.75, 3.05) is 11.9 Å². The molecule has 0 atom stereocenters. The Bertz CT molecular complexity index is 780. The number of rotatable bonds is 6. The molecule has 0 bridgehead atoms. The number of hydrogen-bond acceptors (Lipinski definition) is 4. The fourth-order valence-electron chi connectivity index (χ4n) is 1.97. The summed E-state index contributed by atoms with van der Waals surface area (Å²) in [6, 6.07) is 15.5. The predicted octanol–water partition coefficient (Wildman–Crippen LogP) is 3.22. The minimum absolute atomic E-state index is 0.0383. The van der Waals surface area contributed by atoms with Crippen molar-refractivity contribution in [1.29, 1.82) is 5.26 Å². The lowest BCUT2D eigenvalue weighted by Crippen LogP contribution is -2.17. The molecule has 0 saturated heterocycles. The molecular weight excluding hydrogens is 326 g/mol. The molecule has 3 N–H and O–H groups in total. The van der Waals surface area contributed by atoms with Crippen LogP contribution in [-0.4, -0.2) is 17.6 Å². The van der Waals surface area contributed by atoms with Gasteiger partial charge in [0.25, 0.3) is 5.91 Å². The van der Waals surface area contributed by atoms with Crippen molar-refractivity contribution < 1.29 is 9.90 Å². The van der Waals surface area contributed by atoms with Gasteiger partial charge in [-0.05, 0) is 36.2 Å². The summed E-state index contributed by atoms with van der Waals surface area (Å²) in [4.78, 5) is 12.0. The van der Waals surface area contributed by atoms with Crippen LogP contribution < -0.4 is 10.6 Å². The first-order valence-corrected chi connectivity index (χ1v) is 7.65. The first-order valence-electron chi connectivity index (χ1n) is 7.27. The van der Waals surface area contributed by atoms with Crippen molar-refractivity contribution in [1.82, 2.24) is 5.32 Å². The summed E-state index contributed by atoms with van der Waals surface area (Å²) in [5.74, 6) is -0.501. The van der Waals surface area contributed by atoms with Crippen molar-refractivity contribution in [3.8, 4) is 11.8 Å². The van der Waals surface area contributed by atoms with E-state index < -0.39 is 5.91 Å². The van der Waals surface area contributed by atoms with Gasteiger partial charge in [0, 0.05) is 29.5 Å². The number of phenolic OH excluding ortho intramolecular Hbond substituents is 1. The monoisotopic (exact) mass is 341 g/mol. The quantitative estimate of drug-likeness (QED) is 0.428. The number of nitrogens with zero attached hydrogens (tertiary/aromatic N) is 1. The van der Waals surface area contributed by atoms with Crippen LogP contribution in [0, 0.1) is 11.3 Å². The molecular formula is C18H16ClN3O2. The normalized spacial score (nSPS) is 10.8. The Kier molecular flexibility index (Phi) is 6.23. The number of hydrogen-bond donors (Lipinski definition) is 3. The molecule has 0 unspecified atom stereocenters. The van der Waals surface area contributed by atoms with Gasteiger partial charge in [0.1, 0.15) is 17.4 Å². The molecule has 5 nitrogen and oxygen atoms in total. The van der Waals surface area contributed by atoms with Gasteiger partial charge in [-0.3, -0.25) is 4.79 Å². The highest BCUT2D eigenvalue weighted by molar-refractivity contribution is 6.30. The molecule has 0 saturated carbocycles. The zero-order valence-corrected chi connectivity index (χ0v) is 13.5. The van der Waals surface area contributed by atoms with Crippen LogP contribution in [0.5, 0.6) is 5.75 Å². The Morgan fingerprint density at radius 2 is 2.00 bits per heavy atom. The summed E-state index contributed by atoms with van der Waals surface area (Å²) in [5, 5.41) is 24.6. The number of amides is 1. The van der Waals surface area contributed by atoms with Crippen LogP contribution in [0.4, 0.5) is 5.69 Å². The van der Waals surface area contributed by atoms with Gasteiger partial charge >= 0.3 is 0 Å². The Hall–Kier alpha value is -2.97. The minimum Gasteiger partial charge on any atom is -0.508 e. The fourth-order valence-corrected chi connectivity index (χ4v) is 2.10. The van der Waals surface area contributed by atoms with Gasteiger partial charge in [0.2, 0.25) is 0 Å². The zero-order valence-electron chi connectivity index (χ0n) is 12.8. The largest absolute Gasteiger partial charge is 0.508 e. The average molecular weight is 342 g/mol. The molecule has 2 rings (SSSR count). The number of nitriles is 1. The number of halogens is 1. The molecule has 0 aliphatic carbocycles. The van der Waals surface area contributed by atoms with Gasteiger partial charge in [0.05, 0.1) is 0 Å². The van der Waals surface area contributed by atoms with E-state index in [1.54, 1.807) is 12.1 Å². The van der Waals surface area contributed by atoms with E-state index in [1.807, 2.05) is 30.3 Å². The second kappa shape index (κ2) is 8.61. The maximum absolute atomic E-state index is 12.0. The highest BCUT2D eigenvalue weighted by Crippen LogP contribution is 2.16. The number of anilines is 1. The van der Waals surface area contributed by atoms with Crippen LogP contribution in [0.3, 0.4) is 0 Å². The Morgan fingerprint density at radius 3 is 2.67 bits per heavy atom. The van der Waals surface area contributed by atoms with E-state index in [0.717, 1.165) is 12.0 Å². The zero-order chi connectivity index (χ0) is 17.4. The molecule has 0 spiro atoms. The van der Waals surface area contributed by atoms with E-state index in [1.165, 1.54) is 18.3 Å². The Balaban J connectivity index is 1.87. The lowest BCUT2D eigenvalue weighted by atomic mass is 10.1. The molecule has 0 aromatic heterocycles. The number of aromatic hydroxyl groups is 1. The van der Waals surface area contributed by atoms with Gasteiger partial charge in [-0.25, -0.2) is 0 Å². The molecule has 2 aromatic carbocycles. The Morgan fingerprint density at radius 1 is 1.25 bits per heavy atom. The highest BCUT2D eigenvalue weighted by atomic mass is 35.5. The first kappa shape index (κ1) is 17.4. The second-order valence-electron chi connectivity index (χ2n) is 5.00. The topological polar surface area (TPSA) is 85.2 Å². The van der Waals surface area contributed by atoms with Crippen LogP contribution in [0.15, 0.2) is 60.3 Å². The highest BCUT2D eigenvalue weighted by Gasteiger charge is 2.09. The molecule has 0 aliphatic heterocycles. The van der Waals surface area contributed by atoms with Crippen molar-refractivity contribution in [2.45, 2.75) is 6.42 Å². The van der Waals surface area contributed by atoms with E-state index in [-0.39, 0.29) is 11.3 Å². The van der Waals surface area contributed by atoms with E-state index in [4.69, 9.17) is 16.9 Å². The van der Waals surface area contributed by atoms with Crippen molar-refractivity contribution in [3.05, 3.63) is 70.9 Å². The third-order valence-electron chi connectivity index (χ3n) is 3.19. The summed E-state index contributed by atoms with van der Waals surface area (Å²) < 4.78 is 0. The van der Waals surface area contributed by atoms with Crippen LogP contribution in [0.1, 0.15) is 5.56 Å². The number of carbonyl (C=O) groups is 1. The summed E-state index contributed by atoms with van der Waals surface area (Å²) >= 11 is 5.82. The third kappa shape index (κ3) is 5.34. The van der Waals surface area contributed by atoms with Crippen molar-refractivity contribution in [2.24, 2.45) is 0 Å². The number of carbonyl (C=O) groups excluding carboxylic acids is 1. The molecule has 24 heavy (non-hydrogen) atoms. The lowest BCUT2D eigenvalue weighted by molar-refractivity contribution is -0.112. The number of nitrogens with one attached hydrogen (secondary N) is 2. The Labute approximate surface area is 145 Å². The number of benzene rings is 2. The third-order valence-corrected chi connectivity index (χ3v) is 3.44. The summed E-state index contributed by atoms with van der Waals surface area (Å²) in [7, 11) is 0. The van der Waals surface area contributed by atoms with Crippen molar-refractivity contribution in [3.63, 3.8) is 0 Å². The summed E-state index contributed by atoms with van der Waals surface area (Å²) in [6.45, 7) is 0.576. The molecule has 0 aliphatic rings. The number of phenols is 1. The predicted molar refractivity (Wildman–Crippen MR) is 93.6 cm³/mol. The maximum atomic E-state index is 12.0. The van der Waals surface area contributed by atoms with Crippen LogP contribution >= 0.6 is 11.6 Å². The smallest absolute Gasteiger partial charge is 0.267 e. The second-order valence-corrected chi connectivity index (χ2v) is 5.44. The van der Waals surface area contributed by atoms with Gasteiger partial charge < -0.3 is 15.7 Å². The molecule has 0 radical (unpaired) electrons. The molecule has 0 fully saturated rings. The molecule has 6 heteroatoms. The van der Waals surface area contributed by atoms with Crippen molar-refractivity contribution >= 4 is 23.2 Å². The van der Waals surface area contributed by atoms with Crippen LogP contribution in [-0.2, 0) is 11.2 Å². The van der Waals surface area contributed by atoms with Gasteiger partial charge in [-0.1, -0.05) is 29.8 Å².